The second-order valence-electron chi connectivity index (χ2n) is 4.98. The van der Waals surface area contributed by atoms with Crippen LogP contribution in [0.5, 0.6) is 0 Å². The van der Waals surface area contributed by atoms with E-state index in [4.69, 9.17) is 0 Å². The molecule has 0 saturated heterocycles. The van der Waals surface area contributed by atoms with E-state index < -0.39 is 0 Å². The van der Waals surface area contributed by atoms with Gasteiger partial charge in [0, 0.05) is 30.8 Å². The maximum absolute atomic E-state index is 4.21. The molecular formula is C18H19N3. The Balaban J connectivity index is 2.06. The first-order valence-electron chi connectivity index (χ1n) is 7.18. The predicted octanol–water partition coefficient (Wildman–Crippen LogP) is 3.90. The summed E-state index contributed by atoms with van der Waals surface area (Å²) in [6, 6.07) is 15.0. The molecule has 0 saturated carbocycles. The van der Waals surface area contributed by atoms with Crippen molar-refractivity contribution in [2.24, 2.45) is 0 Å². The number of aromatic nitrogens is 3. The van der Waals surface area contributed by atoms with Crippen molar-refractivity contribution in [2.75, 3.05) is 0 Å². The fourth-order valence-corrected chi connectivity index (χ4v) is 2.61. The summed E-state index contributed by atoms with van der Waals surface area (Å²) in [7, 11) is 0. The van der Waals surface area contributed by atoms with Crippen molar-refractivity contribution < 1.29 is 0 Å². The van der Waals surface area contributed by atoms with Gasteiger partial charge in [0.1, 0.15) is 0 Å². The standard InChI is InChI=1S/C18H19N3/c1-2-3-12-20-13-7-10-17(20)18(21-14-11-19-15-21)16-8-5-4-6-9-16/h2-11,13-15,18H,12H2,1H3/b3-2+. The minimum absolute atomic E-state index is 0.147. The predicted molar refractivity (Wildman–Crippen MR) is 85.2 cm³/mol. The van der Waals surface area contributed by atoms with Gasteiger partial charge in [0.15, 0.2) is 0 Å². The third-order valence-electron chi connectivity index (χ3n) is 3.62. The smallest absolute Gasteiger partial charge is 0.0998 e. The molecule has 2 aromatic heterocycles. The Morgan fingerprint density at radius 3 is 2.67 bits per heavy atom. The zero-order valence-corrected chi connectivity index (χ0v) is 12.1. The molecule has 0 radical (unpaired) electrons. The SMILES string of the molecule is C/C=C/Cn1cccc1C(c1ccccc1)n1ccnc1. The van der Waals surface area contributed by atoms with Crippen LogP contribution in [0.3, 0.4) is 0 Å². The second-order valence-corrected chi connectivity index (χ2v) is 4.98. The van der Waals surface area contributed by atoms with Gasteiger partial charge in [-0.15, -0.1) is 0 Å². The molecule has 3 heteroatoms. The number of imidazole rings is 1. The highest BCUT2D eigenvalue weighted by Crippen LogP contribution is 2.26. The van der Waals surface area contributed by atoms with Gasteiger partial charge in [0.05, 0.1) is 12.4 Å². The van der Waals surface area contributed by atoms with E-state index in [0.717, 1.165) is 6.54 Å². The summed E-state index contributed by atoms with van der Waals surface area (Å²) in [5.41, 5.74) is 2.52. The first kappa shape index (κ1) is 13.4. The van der Waals surface area contributed by atoms with E-state index in [1.807, 2.05) is 31.7 Å². The Hall–Kier alpha value is -2.55. The van der Waals surface area contributed by atoms with Gasteiger partial charge < -0.3 is 9.13 Å². The van der Waals surface area contributed by atoms with E-state index in [0.29, 0.717) is 0 Å². The molecule has 0 amide bonds. The van der Waals surface area contributed by atoms with Gasteiger partial charge >= 0.3 is 0 Å². The van der Waals surface area contributed by atoms with E-state index in [1.165, 1.54) is 11.3 Å². The fourth-order valence-electron chi connectivity index (χ4n) is 2.61. The summed E-state index contributed by atoms with van der Waals surface area (Å²) < 4.78 is 4.43. The van der Waals surface area contributed by atoms with Gasteiger partial charge in [-0.2, -0.15) is 0 Å². The first-order chi connectivity index (χ1) is 10.4. The summed E-state index contributed by atoms with van der Waals surface area (Å²) in [4.78, 5) is 4.21. The summed E-state index contributed by atoms with van der Waals surface area (Å²) in [6.45, 7) is 2.94. The maximum Gasteiger partial charge on any atom is 0.0998 e. The Morgan fingerprint density at radius 1 is 1.10 bits per heavy atom. The molecule has 0 bridgehead atoms. The third kappa shape index (κ3) is 2.82. The molecule has 2 heterocycles. The normalized spacial score (nSPS) is 12.8. The van der Waals surface area contributed by atoms with Gasteiger partial charge in [-0.25, -0.2) is 4.98 Å². The highest BCUT2D eigenvalue weighted by atomic mass is 15.1. The van der Waals surface area contributed by atoms with E-state index >= 15 is 0 Å². The molecule has 0 aliphatic carbocycles. The van der Waals surface area contributed by atoms with Crippen molar-refractivity contribution in [3.8, 4) is 0 Å². The zero-order chi connectivity index (χ0) is 14.5. The summed E-state index contributed by atoms with van der Waals surface area (Å²) >= 11 is 0. The molecular weight excluding hydrogens is 258 g/mol. The molecule has 1 unspecified atom stereocenters. The van der Waals surface area contributed by atoms with Crippen molar-refractivity contribution in [1.82, 2.24) is 14.1 Å². The largest absolute Gasteiger partial charge is 0.345 e. The van der Waals surface area contributed by atoms with Crippen LogP contribution < -0.4 is 0 Å². The number of hydrogen-bond acceptors (Lipinski definition) is 1. The summed E-state index contributed by atoms with van der Waals surface area (Å²) in [6.07, 6.45) is 12.1. The van der Waals surface area contributed by atoms with E-state index in [1.54, 1.807) is 0 Å². The molecule has 21 heavy (non-hydrogen) atoms. The highest BCUT2D eigenvalue weighted by molar-refractivity contribution is 5.30. The van der Waals surface area contributed by atoms with Crippen LogP contribution in [0.1, 0.15) is 24.2 Å². The lowest BCUT2D eigenvalue weighted by molar-refractivity contribution is 0.613. The van der Waals surface area contributed by atoms with Gasteiger partial charge in [-0.3, -0.25) is 0 Å². The molecule has 0 fully saturated rings. The lowest BCUT2D eigenvalue weighted by Gasteiger charge is -2.21. The Bertz CT molecular complexity index is 693. The van der Waals surface area contributed by atoms with Gasteiger partial charge in [-0.05, 0) is 24.6 Å². The number of hydrogen-bond donors (Lipinski definition) is 0. The topological polar surface area (TPSA) is 22.8 Å². The third-order valence-corrected chi connectivity index (χ3v) is 3.62. The Labute approximate surface area is 125 Å². The average Bonchev–Trinajstić information content (AvgIpc) is 3.19. The molecule has 3 nitrogen and oxygen atoms in total. The van der Waals surface area contributed by atoms with E-state index in [-0.39, 0.29) is 6.04 Å². The minimum Gasteiger partial charge on any atom is -0.345 e. The number of benzene rings is 1. The van der Waals surface area contributed by atoms with Crippen LogP contribution in [0.25, 0.3) is 0 Å². The summed E-state index contributed by atoms with van der Waals surface area (Å²) in [5, 5.41) is 0. The lowest BCUT2D eigenvalue weighted by atomic mass is 10.0. The Morgan fingerprint density at radius 2 is 1.95 bits per heavy atom. The molecule has 1 atom stereocenters. The molecule has 0 aliphatic rings. The van der Waals surface area contributed by atoms with Gasteiger partial charge in [-0.1, -0.05) is 42.5 Å². The number of rotatable bonds is 5. The Kier molecular flexibility index (Phi) is 4.01. The number of nitrogens with zero attached hydrogens (tertiary/aromatic N) is 3. The maximum atomic E-state index is 4.21. The van der Waals surface area contributed by atoms with Crippen molar-refractivity contribution in [3.05, 3.63) is 90.8 Å². The molecule has 0 spiro atoms. The molecule has 3 rings (SSSR count). The van der Waals surface area contributed by atoms with Crippen LogP contribution in [0.15, 0.2) is 79.5 Å². The van der Waals surface area contributed by atoms with Crippen molar-refractivity contribution in [1.29, 1.82) is 0 Å². The van der Waals surface area contributed by atoms with Crippen LogP contribution >= 0.6 is 0 Å². The van der Waals surface area contributed by atoms with Crippen LogP contribution in [0, 0.1) is 0 Å². The van der Waals surface area contributed by atoms with E-state index in [9.17, 15) is 0 Å². The van der Waals surface area contributed by atoms with Crippen molar-refractivity contribution in [3.63, 3.8) is 0 Å². The number of allylic oxidation sites excluding steroid dienone is 2. The van der Waals surface area contributed by atoms with Crippen molar-refractivity contribution in [2.45, 2.75) is 19.5 Å². The van der Waals surface area contributed by atoms with Gasteiger partial charge in [0.2, 0.25) is 0 Å². The van der Waals surface area contributed by atoms with Crippen LogP contribution in [-0.4, -0.2) is 14.1 Å². The summed E-state index contributed by atoms with van der Waals surface area (Å²) in [5.74, 6) is 0. The van der Waals surface area contributed by atoms with Crippen LogP contribution in [0.4, 0.5) is 0 Å². The molecule has 3 aromatic rings. The molecule has 0 N–H and O–H groups in total. The van der Waals surface area contributed by atoms with Gasteiger partial charge in [0.25, 0.3) is 0 Å². The monoisotopic (exact) mass is 277 g/mol. The molecule has 106 valence electrons. The second kappa shape index (κ2) is 6.27. The fraction of sp³-hybridized carbons (Fsp3) is 0.167. The average molecular weight is 277 g/mol. The quantitative estimate of drug-likeness (QED) is 0.649. The first-order valence-corrected chi connectivity index (χ1v) is 7.18. The minimum atomic E-state index is 0.147. The zero-order valence-electron chi connectivity index (χ0n) is 12.1. The molecule has 0 aliphatic heterocycles. The molecule has 1 aromatic carbocycles. The van der Waals surface area contributed by atoms with Crippen molar-refractivity contribution >= 4 is 0 Å². The van der Waals surface area contributed by atoms with E-state index in [2.05, 4.69) is 68.9 Å². The lowest BCUT2D eigenvalue weighted by Crippen LogP contribution is -2.15. The van der Waals surface area contributed by atoms with Crippen LogP contribution in [-0.2, 0) is 6.54 Å². The van der Waals surface area contributed by atoms with Crippen LogP contribution in [0.2, 0.25) is 0 Å². The highest BCUT2D eigenvalue weighted by Gasteiger charge is 2.18.